The summed E-state index contributed by atoms with van der Waals surface area (Å²) in [5, 5.41) is 2.60. The average Bonchev–Trinajstić information content (AvgIpc) is 3.72. The lowest BCUT2D eigenvalue weighted by atomic mass is 10.0. The number of fused-ring (bicyclic) bond motifs is 3. The highest BCUT2D eigenvalue weighted by molar-refractivity contribution is 6.09. The number of hydrogen-bond donors (Lipinski definition) is 0. The number of aromatic nitrogens is 1. The molecule has 73 heavy (non-hydrogen) atoms. The van der Waals surface area contributed by atoms with Crippen LogP contribution in [0, 0.1) is 13.8 Å². The van der Waals surface area contributed by atoms with Gasteiger partial charge in [-0.25, -0.2) is 9.59 Å². The third-order valence-electron chi connectivity index (χ3n) is 13.8. The van der Waals surface area contributed by atoms with Crippen molar-refractivity contribution < 1.29 is 19.1 Å². The molecule has 1 heterocycles. The fourth-order valence-electron chi connectivity index (χ4n) is 10.0. The van der Waals surface area contributed by atoms with Gasteiger partial charge in [-0.15, -0.1) is 0 Å². The summed E-state index contributed by atoms with van der Waals surface area (Å²) in [7, 11) is 0. The van der Waals surface area contributed by atoms with E-state index in [1.807, 2.05) is 50.2 Å². The van der Waals surface area contributed by atoms with E-state index in [-0.39, 0.29) is 11.9 Å². The van der Waals surface area contributed by atoms with Crippen molar-refractivity contribution in [2.45, 2.75) is 92.5 Å². The van der Waals surface area contributed by atoms with Crippen molar-refractivity contribution in [3.63, 3.8) is 0 Å². The van der Waals surface area contributed by atoms with Gasteiger partial charge in [0.05, 0.1) is 24.3 Å². The summed E-state index contributed by atoms with van der Waals surface area (Å²) in [5.41, 5.74) is 16.0. The number of unbranched alkanes of at least 4 members (excludes halogenated alkanes) is 7. The highest BCUT2D eigenvalue weighted by Gasteiger charge is 2.19. The predicted octanol–water partition coefficient (Wildman–Crippen LogP) is 18.2. The molecule has 0 saturated carbocycles. The lowest BCUT2D eigenvalue weighted by Crippen LogP contribution is -2.12. The molecule has 0 spiro atoms. The van der Waals surface area contributed by atoms with Crippen LogP contribution in [0.15, 0.2) is 182 Å². The second-order valence-electron chi connectivity index (χ2n) is 19.1. The average molecular weight is 966 g/mol. The first kappa shape index (κ1) is 50.1. The molecule has 8 aromatic carbocycles. The maximum atomic E-state index is 13.1. The minimum Gasteiger partial charge on any atom is -0.462 e. The van der Waals surface area contributed by atoms with Gasteiger partial charge in [0.25, 0.3) is 0 Å². The standard InChI is InChI=1S/C66H67N3O4/c1-6-9-10-11-12-13-14-15-42-67-63-40-24-48(5)43-61(63)62-46-52(31-41-64(62)67)51-29-38-58(39-30-51)69(60-21-17-19-54(45-60)66(71)73-8-3)57-36-27-50(28-37-57)49-25-34-56(35-26-49)68(55-32-22-47(4)23-33-55)59-20-16-18-53(44-59)65(70)72-7-2/h16-41,43-46H,6-15,42H2,1-5H3. The first-order valence-corrected chi connectivity index (χ1v) is 26.3. The van der Waals surface area contributed by atoms with Crippen LogP contribution in [-0.4, -0.2) is 29.7 Å². The Morgan fingerprint density at radius 1 is 0.397 bits per heavy atom. The van der Waals surface area contributed by atoms with Gasteiger partial charge in [-0.05, 0) is 166 Å². The van der Waals surface area contributed by atoms with Crippen molar-refractivity contribution >= 4 is 67.9 Å². The fraction of sp³-hybridized carbons (Fsp3) is 0.242. The van der Waals surface area contributed by atoms with E-state index in [1.165, 1.54) is 84.3 Å². The summed E-state index contributed by atoms with van der Waals surface area (Å²) in [6.45, 7) is 11.8. The van der Waals surface area contributed by atoms with E-state index in [4.69, 9.17) is 9.47 Å². The molecule has 1 aromatic heterocycles. The summed E-state index contributed by atoms with van der Waals surface area (Å²) in [6.07, 6.45) is 10.4. The SMILES string of the molecule is CCCCCCCCCCn1c2ccc(C)cc2c2cc(-c3ccc(N(c4ccc(-c5ccc(N(c6ccc(C)cc6)c6cccc(C(=O)OCC)c6)cc5)cc4)c4cccc(C(=O)OCC)c4)cc3)ccc21. The van der Waals surface area contributed by atoms with Crippen LogP contribution in [0.4, 0.5) is 34.1 Å². The number of carbonyl (C=O) groups is 2. The van der Waals surface area contributed by atoms with Gasteiger partial charge in [-0.3, -0.25) is 0 Å². The Labute approximate surface area is 431 Å². The van der Waals surface area contributed by atoms with E-state index in [2.05, 4.69) is 169 Å². The van der Waals surface area contributed by atoms with E-state index in [0.717, 1.165) is 62.9 Å². The number of carbonyl (C=O) groups excluding carboxylic acids is 2. The number of ether oxygens (including phenoxy) is 2. The molecule has 0 atom stereocenters. The van der Waals surface area contributed by atoms with Crippen molar-refractivity contribution in [2.75, 3.05) is 23.0 Å². The van der Waals surface area contributed by atoms with Gasteiger partial charge in [0, 0.05) is 62.5 Å². The first-order chi connectivity index (χ1) is 35.7. The maximum Gasteiger partial charge on any atom is 0.338 e. The predicted molar refractivity (Wildman–Crippen MR) is 304 cm³/mol. The van der Waals surface area contributed by atoms with Crippen LogP contribution in [0.25, 0.3) is 44.1 Å². The van der Waals surface area contributed by atoms with E-state index >= 15 is 0 Å². The topological polar surface area (TPSA) is 64.0 Å². The van der Waals surface area contributed by atoms with Crippen molar-refractivity contribution in [3.05, 3.63) is 204 Å². The van der Waals surface area contributed by atoms with Gasteiger partial charge in [0.1, 0.15) is 0 Å². The Bertz CT molecular complexity index is 3300. The lowest BCUT2D eigenvalue weighted by molar-refractivity contribution is 0.0517. The minimum absolute atomic E-state index is 0.300. The number of hydrogen-bond acceptors (Lipinski definition) is 6. The quantitative estimate of drug-likeness (QED) is 0.0528. The summed E-state index contributed by atoms with van der Waals surface area (Å²) in [5.74, 6) is -0.697. The molecular weight excluding hydrogens is 899 g/mol. The van der Waals surface area contributed by atoms with Crippen LogP contribution < -0.4 is 9.80 Å². The van der Waals surface area contributed by atoms with E-state index in [9.17, 15) is 9.59 Å². The molecular formula is C66H67N3O4. The lowest BCUT2D eigenvalue weighted by Gasteiger charge is -2.27. The highest BCUT2D eigenvalue weighted by Crippen LogP contribution is 2.40. The number of nitrogens with zero attached hydrogens (tertiary/aromatic N) is 3. The zero-order valence-electron chi connectivity index (χ0n) is 43.1. The monoisotopic (exact) mass is 966 g/mol. The molecule has 9 aromatic rings. The van der Waals surface area contributed by atoms with Crippen LogP contribution in [0.3, 0.4) is 0 Å². The normalized spacial score (nSPS) is 11.2. The number of anilines is 6. The number of aryl methyl sites for hydroxylation is 3. The van der Waals surface area contributed by atoms with Gasteiger partial charge in [-0.2, -0.15) is 0 Å². The molecule has 370 valence electrons. The molecule has 7 heteroatoms. The second-order valence-corrected chi connectivity index (χ2v) is 19.1. The summed E-state index contributed by atoms with van der Waals surface area (Å²) in [4.78, 5) is 30.2. The Balaban J connectivity index is 1.00. The number of benzene rings is 8. The molecule has 0 radical (unpaired) electrons. The zero-order valence-corrected chi connectivity index (χ0v) is 43.1. The van der Waals surface area contributed by atoms with Crippen LogP contribution in [-0.2, 0) is 16.0 Å². The number of esters is 2. The smallest absolute Gasteiger partial charge is 0.338 e. The van der Waals surface area contributed by atoms with Crippen LogP contribution in [0.2, 0.25) is 0 Å². The summed E-state index contributed by atoms with van der Waals surface area (Å²) in [6, 6.07) is 63.2. The molecule has 7 nitrogen and oxygen atoms in total. The van der Waals surface area contributed by atoms with Gasteiger partial charge in [0.2, 0.25) is 0 Å². The second kappa shape index (κ2) is 23.6. The van der Waals surface area contributed by atoms with Crippen LogP contribution >= 0.6 is 0 Å². The molecule has 9 rings (SSSR count). The molecule has 0 fully saturated rings. The van der Waals surface area contributed by atoms with E-state index in [0.29, 0.717) is 24.3 Å². The van der Waals surface area contributed by atoms with Crippen molar-refractivity contribution in [1.29, 1.82) is 0 Å². The third-order valence-corrected chi connectivity index (χ3v) is 13.8. The summed E-state index contributed by atoms with van der Waals surface area (Å²) < 4.78 is 13.3. The molecule has 0 unspecified atom stereocenters. The largest absolute Gasteiger partial charge is 0.462 e. The van der Waals surface area contributed by atoms with E-state index in [1.54, 1.807) is 12.1 Å². The van der Waals surface area contributed by atoms with Crippen molar-refractivity contribution in [3.8, 4) is 22.3 Å². The summed E-state index contributed by atoms with van der Waals surface area (Å²) >= 11 is 0. The van der Waals surface area contributed by atoms with E-state index < -0.39 is 0 Å². The Hall–Kier alpha value is -7.90. The Kier molecular flexibility index (Phi) is 16.1. The highest BCUT2D eigenvalue weighted by atomic mass is 16.5. The molecule has 0 aliphatic heterocycles. The molecule has 0 aliphatic carbocycles. The first-order valence-electron chi connectivity index (χ1n) is 26.3. The third kappa shape index (κ3) is 11.6. The minimum atomic E-state index is -0.351. The Morgan fingerprint density at radius 2 is 0.795 bits per heavy atom. The van der Waals surface area contributed by atoms with Gasteiger partial charge in [-0.1, -0.05) is 136 Å². The number of rotatable bonds is 21. The molecule has 0 saturated heterocycles. The van der Waals surface area contributed by atoms with Gasteiger partial charge in [0.15, 0.2) is 0 Å². The molecule has 0 bridgehead atoms. The molecule has 0 N–H and O–H groups in total. The molecule has 0 aliphatic rings. The van der Waals surface area contributed by atoms with Crippen molar-refractivity contribution in [1.82, 2.24) is 4.57 Å². The van der Waals surface area contributed by atoms with Crippen LogP contribution in [0.1, 0.15) is 104 Å². The Morgan fingerprint density at radius 3 is 1.27 bits per heavy atom. The molecule has 0 amide bonds. The van der Waals surface area contributed by atoms with Gasteiger partial charge >= 0.3 is 11.9 Å². The zero-order chi connectivity index (χ0) is 50.7. The van der Waals surface area contributed by atoms with Gasteiger partial charge < -0.3 is 23.8 Å². The van der Waals surface area contributed by atoms with Crippen molar-refractivity contribution in [2.24, 2.45) is 0 Å². The van der Waals surface area contributed by atoms with Crippen LogP contribution in [0.5, 0.6) is 0 Å². The fourth-order valence-corrected chi connectivity index (χ4v) is 10.0. The maximum absolute atomic E-state index is 13.1.